The van der Waals surface area contributed by atoms with Crippen LogP contribution in [0.3, 0.4) is 0 Å². The molecule has 1 rings (SSSR count). The summed E-state index contributed by atoms with van der Waals surface area (Å²) in [5.41, 5.74) is 6.45. The summed E-state index contributed by atoms with van der Waals surface area (Å²) in [5.74, 6) is 0.747. The summed E-state index contributed by atoms with van der Waals surface area (Å²) in [7, 11) is 1.70. The number of hydrogen-bond acceptors (Lipinski definition) is 3. The zero-order valence-corrected chi connectivity index (χ0v) is 12.1. The van der Waals surface area contributed by atoms with Crippen LogP contribution < -0.4 is 10.5 Å². The summed E-state index contributed by atoms with van der Waals surface area (Å²) < 4.78 is 11.1. The lowest BCUT2D eigenvalue weighted by Gasteiger charge is -2.23. The number of benzene rings is 1. The molecule has 0 aliphatic rings. The van der Waals surface area contributed by atoms with Gasteiger partial charge in [0.1, 0.15) is 5.75 Å². The first-order valence-corrected chi connectivity index (χ1v) is 6.53. The molecule has 0 fully saturated rings. The molecule has 1 aromatic rings. The van der Waals surface area contributed by atoms with Gasteiger partial charge in [-0.15, -0.1) is 0 Å². The fourth-order valence-corrected chi connectivity index (χ4v) is 1.82. The third kappa shape index (κ3) is 4.48. The van der Waals surface area contributed by atoms with Crippen LogP contribution in [-0.4, -0.2) is 25.9 Å². The quantitative estimate of drug-likeness (QED) is 0.829. The van der Waals surface area contributed by atoms with Crippen LogP contribution in [0, 0.1) is 0 Å². The van der Waals surface area contributed by atoms with Crippen molar-refractivity contribution < 1.29 is 9.47 Å². The van der Waals surface area contributed by atoms with Gasteiger partial charge in [-0.2, -0.15) is 0 Å². The first-order valence-electron chi connectivity index (χ1n) is 6.15. The molecule has 0 atom stereocenters. The number of nitrogens with two attached hydrogens (primary N) is 1. The lowest BCUT2D eigenvalue weighted by molar-refractivity contribution is 0.00538. The molecule has 0 aromatic heterocycles. The third-order valence-electron chi connectivity index (χ3n) is 2.97. The summed E-state index contributed by atoms with van der Waals surface area (Å²) in [6, 6.07) is 5.74. The monoisotopic (exact) mass is 271 g/mol. The van der Waals surface area contributed by atoms with Gasteiger partial charge in [0.15, 0.2) is 0 Å². The number of methoxy groups -OCH3 is 1. The van der Waals surface area contributed by atoms with Crippen LogP contribution in [0.25, 0.3) is 0 Å². The van der Waals surface area contributed by atoms with Gasteiger partial charge >= 0.3 is 0 Å². The maximum Gasteiger partial charge on any atom is 0.141 e. The highest BCUT2D eigenvalue weighted by atomic mass is 35.5. The molecule has 0 spiro atoms. The van der Waals surface area contributed by atoms with Crippen molar-refractivity contribution in [2.75, 3.05) is 20.3 Å². The van der Waals surface area contributed by atoms with E-state index in [9.17, 15) is 0 Å². The summed E-state index contributed by atoms with van der Waals surface area (Å²) >= 11 is 6.15. The zero-order chi connectivity index (χ0) is 13.6. The second-order valence-corrected chi connectivity index (χ2v) is 5.24. The number of halogens is 1. The van der Waals surface area contributed by atoms with Gasteiger partial charge in [-0.1, -0.05) is 23.7 Å². The van der Waals surface area contributed by atoms with Crippen LogP contribution in [-0.2, 0) is 11.2 Å². The van der Waals surface area contributed by atoms with Gasteiger partial charge in [0.2, 0.25) is 0 Å². The molecule has 1 aromatic carbocycles. The normalized spacial score (nSPS) is 11.6. The predicted octanol–water partition coefficient (Wildman–Crippen LogP) is 3.04. The Hall–Kier alpha value is -0.770. The molecule has 0 heterocycles. The van der Waals surface area contributed by atoms with E-state index < -0.39 is 0 Å². The summed E-state index contributed by atoms with van der Waals surface area (Å²) in [5, 5.41) is 0.635. The van der Waals surface area contributed by atoms with Crippen molar-refractivity contribution in [1.29, 1.82) is 0 Å². The number of para-hydroxylation sites is 1. The van der Waals surface area contributed by atoms with Gasteiger partial charge in [0.25, 0.3) is 0 Å². The largest absolute Gasteiger partial charge is 0.492 e. The van der Waals surface area contributed by atoms with Crippen LogP contribution in [0.5, 0.6) is 5.75 Å². The summed E-state index contributed by atoms with van der Waals surface area (Å²) in [4.78, 5) is 0. The summed E-state index contributed by atoms with van der Waals surface area (Å²) in [6.45, 7) is 5.22. The molecule has 0 unspecified atom stereocenters. The number of rotatable bonds is 7. The van der Waals surface area contributed by atoms with E-state index in [-0.39, 0.29) is 5.60 Å². The minimum Gasteiger partial charge on any atom is -0.492 e. The number of hydrogen-bond donors (Lipinski definition) is 1. The topological polar surface area (TPSA) is 44.5 Å². The van der Waals surface area contributed by atoms with E-state index in [1.165, 1.54) is 0 Å². The first-order chi connectivity index (χ1) is 8.50. The third-order valence-corrected chi connectivity index (χ3v) is 3.26. The van der Waals surface area contributed by atoms with Crippen LogP contribution in [0.1, 0.15) is 25.8 Å². The average Bonchev–Trinajstić information content (AvgIpc) is 2.33. The average molecular weight is 272 g/mol. The Labute approximate surface area is 114 Å². The molecule has 0 saturated heterocycles. The SMILES string of the molecule is COC(C)(C)CCOc1c(Cl)cccc1CCN. The lowest BCUT2D eigenvalue weighted by atomic mass is 10.1. The first kappa shape index (κ1) is 15.3. The van der Waals surface area contributed by atoms with Gasteiger partial charge in [0.05, 0.1) is 17.2 Å². The van der Waals surface area contributed by atoms with Crippen molar-refractivity contribution in [2.24, 2.45) is 5.73 Å². The fourth-order valence-electron chi connectivity index (χ4n) is 1.57. The minimum absolute atomic E-state index is 0.185. The van der Waals surface area contributed by atoms with Crippen molar-refractivity contribution in [3.05, 3.63) is 28.8 Å². The van der Waals surface area contributed by atoms with Crippen LogP contribution in [0.2, 0.25) is 5.02 Å². The Morgan fingerprint density at radius 2 is 2.06 bits per heavy atom. The number of ether oxygens (including phenoxy) is 2. The molecule has 0 radical (unpaired) electrons. The molecule has 0 amide bonds. The van der Waals surface area contributed by atoms with Crippen molar-refractivity contribution in [2.45, 2.75) is 32.3 Å². The van der Waals surface area contributed by atoms with Gasteiger partial charge in [-0.05, 0) is 38.4 Å². The Kier molecular flexibility index (Phi) is 5.93. The molecule has 4 heteroatoms. The molecule has 2 N–H and O–H groups in total. The Bertz CT molecular complexity index is 380. The zero-order valence-electron chi connectivity index (χ0n) is 11.3. The second-order valence-electron chi connectivity index (χ2n) is 4.83. The van der Waals surface area contributed by atoms with Crippen LogP contribution >= 0.6 is 11.6 Å². The van der Waals surface area contributed by atoms with Gasteiger partial charge < -0.3 is 15.2 Å². The standard InChI is InChI=1S/C14H22ClNO2/c1-14(2,17-3)8-10-18-13-11(7-9-16)5-4-6-12(13)15/h4-6H,7-10,16H2,1-3H3. The molecule has 0 aliphatic heterocycles. The van der Waals surface area contributed by atoms with E-state index in [1.807, 2.05) is 32.0 Å². The van der Waals surface area contributed by atoms with E-state index in [1.54, 1.807) is 7.11 Å². The van der Waals surface area contributed by atoms with E-state index in [0.29, 0.717) is 18.2 Å². The van der Waals surface area contributed by atoms with E-state index in [4.69, 9.17) is 26.8 Å². The van der Waals surface area contributed by atoms with Gasteiger partial charge in [0, 0.05) is 13.5 Å². The Balaban J connectivity index is 2.66. The molecular weight excluding hydrogens is 250 g/mol. The molecule has 3 nitrogen and oxygen atoms in total. The Morgan fingerprint density at radius 3 is 2.67 bits per heavy atom. The van der Waals surface area contributed by atoms with Gasteiger partial charge in [-0.3, -0.25) is 0 Å². The van der Waals surface area contributed by atoms with Crippen molar-refractivity contribution in [3.63, 3.8) is 0 Å². The van der Waals surface area contributed by atoms with Crippen LogP contribution in [0.4, 0.5) is 0 Å². The molecular formula is C14H22ClNO2. The smallest absolute Gasteiger partial charge is 0.141 e. The highest BCUT2D eigenvalue weighted by molar-refractivity contribution is 6.32. The summed E-state index contributed by atoms with van der Waals surface area (Å²) in [6.07, 6.45) is 1.57. The molecule has 0 saturated carbocycles. The second kappa shape index (κ2) is 6.98. The van der Waals surface area contributed by atoms with Crippen LogP contribution in [0.15, 0.2) is 18.2 Å². The maximum atomic E-state index is 6.15. The van der Waals surface area contributed by atoms with E-state index in [0.717, 1.165) is 24.2 Å². The molecule has 102 valence electrons. The predicted molar refractivity (Wildman–Crippen MR) is 75.4 cm³/mol. The fraction of sp³-hybridized carbons (Fsp3) is 0.571. The van der Waals surface area contributed by atoms with Crippen molar-refractivity contribution in [3.8, 4) is 5.75 Å². The van der Waals surface area contributed by atoms with E-state index in [2.05, 4.69) is 0 Å². The molecule has 0 bridgehead atoms. The van der Waals surface area contributed by atoms with E-state index >= 15 is 0 Å². The maximum absolute atomic E-state index is 6.15. The van der Waals surface area contributed by atoms with Crippen molar-refractivity contribution >= 4 is 11.6 Å². The highest BCUT2D eigenvalue weighted by Crippen LogP contribution is 2.29. The van der Waals surface area contributed by atoms with Crippen molar-refractivity contribution in [1.82, 2.24) is 0 Å². The molecule has 18 heavy (non-hydrogen) atoms. The van der Waals surface area contributed by atoms with Gasteiger partial charge in [-0.25, -0.2) is 0 Å². The highest BCUT2D eigenvalue weighted by Gasteiger charge is 2.17. The minimum atomic E-state index is -0.185. The lowest BCUT2D eigenvalue weighted by Crippen LogP contribution is -2.25. The molecule has 0 aliphatic carbocycles. The Morgan fingerprint density at radius 1 is 1.33 bits per heavy atom.